The van der Waals surface area contributed by atoms with E-state index in [1.54, 1.807) is 0 Å². The van der Waals surface area contributed by atoms with E-state index in [1.807, 2.05) is 13.8 Å². The largest absolute Gasteiger partial charge is 0.299 e. The molecule has 0 saturated carbocycles. The zero-order valence-electron chi connectivity index (χ0n) is 11.6. The molecule has 0 amide bonds. The molecule has 0 aromatic rings. The summed E-state index contributed by atoms with van der Waals surface area (Å²) in [6.45, 7) is 15.2. The first-order chi connectivity index (χ1) is 6.59. The quantitative estimate of drug-likeness (QED) is 0.635. The van der Waals surface area contributed by atoms with Gasteiger partial charge < -0.3 is 0 Å². The minimum Gasteiger partial charge on any atom is -0.299 e. The fourth-order valence-corrected chi connectivity index (χ4v) is 2.16. The van der Waals surface area contributed by atoms with Gasteiger partial charge >= 0.3 is 0 Å². The van der Waals surface area contributed by atoms with E-state index in [2.05, 4.69) is 34.6 Å². The van der Waals surface area contributed by atoms with Crippen LogP contribution in [-0.2, 0) is 4.79 Å². The van der Waals surface area contributed by atoms with Crippen LogP contribution in [-0.4, -0.2) is 5.78 Å². The summed E-state index contributed by atoms with van der Waals surface area (Å²) in [5.41, 5.74) is 0.488. The number of Topliss-reactive ketones (excluding diaryl/α,β-unsaturated/α-hetero) is 1. The summed E-state index contributed by atoms with van der Waals surface area (Å²) in [6.07, 6.45) is 3.01. The van der Waals surface area contributed by atoms with Crippen LogP contribution in [0.4, 0.5) is 0 Å². The lowest BCUT2D eigenvalue weighted by atomic mass is 9.71. The Balaban J connectivity index is 4.37. The van der Waals surface area contributed by atoms with Gasteiger partial charge in [0.25, 0.3) is 0 Å². The van der Waals surface area contributed by atoms with E-state index in [1.165, 1.54) is 6.42 Å². The van der Waals surface area contributed by atoms with Gasteiger partial charge in [0.2, 0.25) is 0 Å². The summed E-state index contributed by atoms with van der Waals surface area (Å²) in [5, 5.41) is 0. The van der Waals surface area contributed by atoms with Crippen molar-refractivity contribution in [2.75, 3.05) is 0 Å². The highest BCUT2D eigenvalue weighted by Gasteiger charge is 2.29. The number of rotatable bonds is 6. The Bertz CT molecular complexity index is 211. The third-order valence-electron chi connectivity index (χ3n) is 3.21. The lowest BCUT2D eigenvalue weighted by molar-refractivity contribution is -0.124. The highest BCUT2D eigenvalue weighted by Crippen LogP contribution is 2.38. The van der Waals surface area contributed by atoms with Crippen molar-refractivity contribution in [1.82, 2.24) is 0 Å². The monoisotopic (exact) mass is 212 g/mol. The van der Waals surface area contributed by atoms with Gasteiger partial charge in [-0.25, -0.2) is 0 Å². The average molecular weight is 212 g/mol. The second-order valence-electron chi connectivity index (χ2n) is 6.66. The fourth-order valence-electron chi connectivity index (χ4n) is 2.16. The molecule has 0 fully saturated rings. The van der Waals surface area contributed by atoms with E-state index >= 15 is 0 Å². The smallest absolute Gasteiger partial charge is 0.135 e. The predicted octanol–water partition coefficient (Wildman–Crippen LogP) is 4.45. The highest BCUT2D eigenvalue weighted by atomic mass is 16.1. The maximum atomic E-state index is 11.7. The summed E-state index contributed by atoms with van der Waals surface area (Å²) in [4.78, 5) is 11.7. The minimum absolute atomic E-state index is 0.140. The van der Waals surface area contributed by atoms with Crippen molar-refractivity contribution in [3.05, 3.63) is 0 Å². The van der Waals surface area contributed by atoms with Gasteiger partial charge in [-0.1, -0.05) is 54.9 Å². The first-order valence-corrected chi connectivity index (χ1v) is 6.12. The van der Waals surface area contributed by atoms with Gasteiger partial charge in [0, 0.05) is 12.3 Å². The lowest BCUT2D eigenvalue weighted by Gasteiger charge is -2.34. The maximum absolute atomic E-state index is 11.7. The zero-order chi connectivity index (χ0) is 12.3. The minimum atomic E-state index is 0.140. The van der Waals surface area contributed by atoms with Gasteiger partial charge in [-0.05, 0) is 17.3 Å². The predicted molar refractivity (Wildman–Crippen MR) is 66.9 cm³/mol. The van der Waals surface area contributed by atoms with Crippen molar-refractivity contribution >= 4 is 5.78 Å². The molecule has 90 valence electrons. The first-order valence-electron chi connectivity index (χ1n) is 6.12. The highest BCUT2D eigenvalue weighted by molar-refractivity contribution is 5.80. The molecule has 1 heteroatoms. The van der Waals surface area contributed by atoms with Crippen molar-refractivity contribution in [2.45, 2.75) is 67.7 Å². The van der Waals surface area contributed by atoms with Gasteiger partial charge in [0.15, 0.2) is 0 Å². The summed E-state index contributed by atoms with van der Waals surface area (Å²) >= 11 is 0. The van der Waals surface area contributed by atoms with Crippen molar-refractivity contribution in [1.29, 1.82) is 0 Å². The molecule has 0 saturated heterocycles. The summed E-state index contributed by atoms with van der Waals surface area (Å²) in [5.74, 6) is 0.570. The van der Waals surface area contributed by atoms with E-state index < -0.39 is 0 Å². The SMILES string of the molecule is CCC(C)(C)CC(C)(C)CC(=O)C(C)C. The molecule has 1 nitrogen and oxygen atoms in total. The van der Waals surface area contributed by atoms with Gasteiger partial charge in [-0.15, -0.1) is 0 Å². The average Bonchev–Trinajstić information content (AvgIpc) is 2.01. The summed E-state index contributed by atoms with van der Waals surface area (Å²) in [7, 11) is 0. The Morgan fingerprint density at radius 3 is 1.87 bits per heavy atom. The van der Waals surface area contributed by atoms with Crippen molar-refractivity contribution in [3.63, 3.8) is 0 Å². The van der Waals surface area contributed by atoms with Crippen LogP contribution in [0.25, 0.3) is 0 Å². The second kappa shape index (κ2) is 5.14. The Hall–Kier alpha value is -0.330. The number of carbonyl (C=O) groups excluding carboxylic acids is 1. The lowest BCUT2D eigenvalue weighted by Crippen LogP contribution is -2.26. The van der Waals surface area contributed by atoms with Gasteiger partial charge in [0.1, 0.15) is 5.78 Å². The first kappa shape index (κ1) is 14.7. The molecule has 0 radical (unpaired) electrons. The van der Waals surface area contributed by atoms with Crippen LogP contribution >= 0.6 is 0 Å². The maximum Gasteiger partial charge on any atom is 0.135 e. The van der Waals surface area contributed by atoms with Crippen LogP contribution in [0.3, 0.4) is 0 Å². The molecule has 0 unspecified atom stereocenters. The van der Waals surface area contributed by atoms with Crippen LogP contribution in [0.2, 0.25) is 0 Å². The Morgan fingerprint density at radius 1 is 1.07 bits per heavy atom. The molecule has 0 rings (SSSR count). The molecule has 0 aliphatic rings. The summed E-state index contributed by atoms with van der Waals surface area (Å²) in [6, 6.07) is 0. The van der Waals surface area contributed by atoms with Gasteiger partial charge in [0.05, 0.1) is 0 Å². The van der Waals surface area contributed by atoms with E-state index in [0.717, 1.165) is 6.42 Å². The molecule has 0 aromatic heterocycles. The number of hydrogen-bond donors (Lipinski definition) is 0. The molecule has 0 spiro atoms. The summed E-state index contributed by atoms with van der Waals surface area (Å²) < 4.78 is 0. The van der Waals surface area contributed by atoms with Crippen LogP contribution in [0.15, 0.2) is 0 Å². The number of ketones is 1. The number of hydrogen-bond acceptors (Lipinski definition) is 1. The molecule has 0 heterocycles. The molecular formula is C14H28O. The standard InChI is InChI=1S/C14H28O/c1-8-13(4,5)10-14(6,7)9-12(15)11(2)3/h11H,8-10H2,1-7H3. The van der Waals surface area contributed by atoms with Crippen molar-refractivity contribution < 1.29 is 4.79 Å². The zero-order valence-corrected chi connectivity index (χ0v) is 11.6. The molecule has 15 heavy (non-hydrogen) atoms. The van der Waals surface area contributed by atoms with Crippen LogP contribution in [0.1, 0.15) is 67.7 Å². The number of carbonyl (C=O) groups is 1. The van der Waals surface area contributed by atoms with Crippen LogP contribution < -0.4 is 0 Å². The topological polar surface area (TPSA) is 17.1 Å². The molecule has 0 atom stereocenters. The molecule has 0 aliphatic heterocycles. The third-order valence-corrected chi connectivity index (χ3v) is 3.21. The van der Waals surface area contributed by atoms with Crippen molar-refractivity contribution in [2.24, 2.45) is 16.7 Å². The Labute approximate surface area is 95.6 Å². The Morgan fingerprint density at radius 2 is 1.53 bits per heavy atom. The van der Waals surface area contributed by atoms with E-state index in [0.29, 0.717) is 17.6 Å². The molecule has 0 aliphatic carbocycles. The van der Waals surface area contributed by atoms with Crippen LogP contribution in [0, 0.1) is 16.7 Å². The normalized spacial score (nSPS) is 13.3. The molecular weight excluding hydrogens is 184 g/mol. The van der Waals surface area contributed by atoms with E-state index in [-0.39, 0.29) is 11.3 Å². The molecule has 0 N–H and O–H groups in total. The Kier molecular flexibility index (Phi) is 5.02. The molecule has 0 aromatic carbocycles. The van der Waals surface area contributed by atoms with Gasteiger partial charge in [-0.2, -0.15) is 0 Å². The fraction of sp³-hybridized carbons (Fsp3) is 0.929. The van der Waals surface area contributed by atoms with Crippen LogP contribution in [0.5, 0.6) is 0 Å². The van der Waals surface area contributed by atoms with E-state index in [4.69, 9.17) is 0 Å². The third kappa shape index (κ3) is 5.96. The molecule has 0 bridgehead atoms. The van der Waals surface area contributed by atoms with Gasteiger partial charge in [-0.3, -0.25) is 4.79 Å². The van der Waals surface area contributed by atoms with Crippen molar-refractivity contribution in [3.8, 4) is 0 Å². The van der Waals surface area contributed by atoms with E-state index in [9.17, 15) is 4.79 Å². The second-order valence-corrected chi connectivity index (χ2v) is 6.66.